The molecule has 0 radical (unpaired) electrons. The molecule has 20 heavy (non-hydrogen) atoms. The van der Waals surface area contributed by atoms with E-state index in [1.54, 1.807) is 7.11 Å². The number of anilines is 1. The SMILES string of the molecule is COCCNCC1CCCCN1c1nc[nH]c(=O)c1Br. The average Bonchev–Trinajstić information content (AvgIpc) is 2.47. The molecule has 2 rings (SSSR count). The molecule has 0 bridgehead atoms. The summed E-state index contributed by atoms with van der Waals surface area (Å²) in [7, 11) is 1.70. The van der Waals surface area contributed by atoms with E-state index in [0.717, 1.165) is 38.3 Å². The summed E-state index contributed by atoms with van der Waals surface area (Å²) in [5, 5.41) is 3.39. The number of piperidine rings is 1. The fourth-order valence-electron chi connectivity index (χ4n) is 2.51. The van der Waals surface area contributed by atoms with Crippen LogP contribution in [-0.4, -0.2) is 49.4 Å². The van der Waals surface area contributed by atoms with Crippen LogP contribution >= 0.6 is 15.9 Å². The number of aromatic amines is 1. The van der Waals surface area contributed by atoms with E-state index in [4.69, 9.17) is 4.74 Å². The number of aromatic nitrogens is 2. The average molecular weight is 345 g/mol. The number of hydrogen-bond acceptors (Lipinski definition) is 5. The topological polar surface area (TPSA) is 70.2 Å². The van der Waals surface area contributed by atoms with Gasteiger partial charge in [0.15, 0.2) is 5.82 Å². The summed E-state index contributed by atoms with van der Waals surface area (Å²) in [6, 6.07) is 0.367. The van der Waals surface area contributed by atoms with Gasteiger partial charge >= 0.3 is 0 Å². The molecule has 1 aliphatic heterocycles. The molecule has 1 atom stereocenters. The highest BCUT2D eigenvalue weighted by Gasteiger charge is 2.25. The van der Waals surface area contributed by atoms with Gasteiger partial charge in [-0.15, -0.1) is 0 Å². The zero-order valence-corrected chi connectivity index (χ0v) is 13.3. The standard InChI is InChI=1S/C13H21BrN4O2/c1-20-7-5-15-8-10-4-2-3-6-18(10)12-11(14)13(19)17-9-16-12/h9-10,15H,2-8H2,1H3,(H,16,17,19). The number of H-pyrrole nitrogens is 1. The highest BCUT2D eigenvalue weighted by molar-refractivity contribution is 9.10. The van der Waals surface area contributed by atoms with Gasteiger partial charge in [0.2, 0.25) is 0 Å². The molecule has 1 aromatic rings. The number of nitrogens with one attached hydrogen (secondary N) is 2. The van der Waals surface area contributed by atoms with E-state index >= 15 is 0 Å². The molecule has 7 heteroatoms. The molecule has 1 aromatic heterocycles. The second-order valence-corrected chi connectivity index (χ2v) is 5.70. The van der Waals surface area contributed by atoms with E-state index in [0.29, 0.717) is 17.1 Å². The van der Waals surface area contributed by atoms with E-state index in [2.05, 4.69) is 36.1 Å². The smallest absolute Gasteiger partial charge is 0.267 e. The summed E-state index contributed by atoms with van der Waals surface area (Å²) in [5.74, 6) is 0.743. The maximum Gasteiger partial charge on any atom is 0.267 e. The summed E-state index contributed by atoms with van der Waals surface area (Å²) >= 11 is 3.35. The van der Waals surface area contributed by atoms with Crippen molar-refractivity contribution in [1.29, 1.82) is 0 Å². The Kier molecular flexibility index (Phi) is 6.00. The van der Waals surface area contributed by atoms with Gasteiger partial charge in [0.1, 0.15) is 4.47 Å². The number of methoxy groups -OCH3 is 1. The van der Waals surface area contributed by atoms with Crippen LogP contribution in [0, 0.1) is 0 Å². The van der Waals surface area contributed by atoms with E-state index in [1.807, 2.05) is 0 Å². The largest absolute Gasteiger partial charge is 0.383 e. The Morgan fingerprint density at radius 3 is 3.25 bits per heavy atom. The van der Waals surface area contributed by atoms with Gasteiger partial charge in [-0.3, -0.25) is 4.79 Å². The summed E-state index contributed by atoms with van der Waals surface area (Å²) in [6.07, 6.45) is 4.93. The summed E-state index contributed by atoms with van der Waals surface area (Å²) in [6.45, 7) is 3.36. The first-order valence-electron chi connectivity index (χ1n) is 6.93. The minimum atomic E-state index is -0.133. The van der Waals surface area contributed by atoms with Crippen LogP contribution < -0.4 is 15.8 Å². The molecule has 2 N–H and O–H groups in total. The van der Waals surface area contributed by atoms with Crippen LogP contribution in [-0.2, 0) is 4.74 Å². The third kappa shape index (κ3) is 3.80. The molecule has 112 valence electrons. The Morgan fingerprint density at radius 2 is 2.45 bits per heavy atom. The molecule has 2 heterocycles. The third-order valence-electron chi connectivity index (χ3n) is 3.54. The van der Waals surface area contributed by atoms with Crippen molar-refractivity contribution in [2.24, 2.45) is 0 Å². The van der Waals surface area contributed by atoms with E-state index in [9.17, 15) is 4.79 Å². The first kappa shape index (κ1) is 15.5. The van der Waals surface area contributed by atoms with Crippen LogP contribution in [0.3, 0.4) is 0 Å². The summed E-state index contributed by atoms with van der Waals surface area (Å²) in [4.78, 5) is 20.8. The molecule has 1 fully saturated rings. The fourth-order valence-corrected chi connectivity index (χ4v) is 2.95. The maximum absolute atomic E-state index is 11.7. The molecule has 1 aliphatic rings. The van der Waals surface area contributed by atoms with Crippen molar-refractivity contribution in [3.05, 3.63) is 21.2 Å². The van der Waals surface area contributed by atoms with Gasteiger partial charge < -0.3 is 19.9 Å². The van der Waals surface area contributed by atoms with E-state index in [-0.39, 0.29) is 5.56 Å². The Morgan fingerprint density at radius 1 is 1.60 bits per heavy atom. The zero-order valence-electron chi connectivity index (χ0n) is 11.7. The van der Waals surface area contributed by atoms with E-state index < -0.39 is 0 Å². The monoisotopic (exact) mass is 344 g/mol. The van der Waals surface area contributed by atoms with Crippen LogP contribution in [0.2, 0.25) is 0 Å². The molecule has 0 spiro atoms. The molecular formula is C13H21BrN4O2. The Labute approximate surface area is 127 Å². The molecule has 0 saturated carbocycles. The molecule has 0 amide bonds. The van der Waals surface area contributed by atoms with Crippen LogP contribution in [0.1, 0.15) is 19.3 Å². The van der Waals surface area contributed by atoms with Crippen molar-refractivity contribution in [2.45, 2.75) is 25.3 Å². The molecule has 0 aliphatic carbocycles. The quantitative estimate of drug-likeness (QED) is 0.757. The van der Waals surface area contributed by atoms with Crippen molar-refractivity contribution < 1.29 is 4.74 Å². The molecule has 1 saturated heterocycles. The lowest BCUT2D eigenvalue weighted by Gasteiger charge is -2.37. The number of nitrogens with zero attached hydrogens (tertiary/aromatic N) is 2. The lowest BCUT2D eigenvalue weighted by molar-refractivity contribution is 0.198. The first-order valence-corrected chi connectivity index (χ1v) is 7.73. The Balaban J connectivity index is 2.06. The molecular weight excluding hydrogens is 324 g/mol. The number of hydrogen-bond donors (Lipinski definition) is 2. The minimum absolute atomic E-state index is 0.133. The number of rotatable bonds is 6. The normalized spacial score (nSPS) is 19.3. The van der Waals surface area contributed by atoms with Crippen molar-refractivity contribution >= 4 is 21.7 Å². The Hall–Kier alpha value is -0.920. The van der Waals surface area contributed by atoms with Crippen LogP contribution in [0.15, 0.2) is 15.6 Å². The summed E-state index contributed by atoms with van der Waals surface area (Å²) in [5.41, 5.74) is -0.133. The lowest BCUT2D eigenvalue weighted by Crippen LogP contribution is -2.47. The second-order valence-electron chi connectivity index (χ2n) is 4.91. The van der Waals surface area contributed by atoms with Gasteiger partial charge in [-0.2, -0.15) is 0 Å². The van der Waals surface area contributed by atoms with Crippen LogP contribution in [0.25, 0.3) is 0 Å². The Bertz CT molecular complexity index is 480. The van der Waals surface area contributed by atoms with Crippen LogP contribution in [0.5, 0.6) is 0 Å². The van der Waals surface area contributed by atoms with Crippen LogP contribution in [0.4, 0.5) is 5.82 Å². The van der Waals surface area contributed by atoms with Gasteiger partial charge in [-0.1, -0.05) is 0 Å². The van der Waals surface area contributed by atoms with Gasteiger partial charge in [-0.25, -0.2) is 4.98 Å². The minimum Gasteiger partial charge on any atom is -0.383 e. The highest BCUT2D eigenvalue weighted by Crippen LogP contribution is 2.26. The molecule has 0 aromatic carbocycles. The number of ether oxygens (including phenoxy) is 1. The first-order chi connectivity index (χ1) is 9.74. The van der Waals surface area contributed by atoms with Gasteiger partial charge in [0.05, 0.1) is 12.9 Å². The van der Waals surface area contributed by atoms with Crippen molar-refractivity contribution in [2.75, 3.05) is 38.3 Å². The zero-order chi connectivity index (χ0) is 14.4. The van der Waals surface area contributed by atoms with Gasteiger partial charge in [0, 0.05) is 32.8 Å². The fraction of sp³-hybridized carbons (Fsp3) is 0.692. The highest BCUT2D eigenvalue weighted by atomic mass is 79.9. The van der Waals surface area contributed by atoms with Gasteiger partial charge in [-0.05, 0) is 35.2 Å². The molecule has 6 nitrogen and oxygen atoms in total. The lowest BCUT2D eigenvalue weighted by atomic mass is 10.0. The molecule has 1 unspecified atom stereocenters. The maximum atomic E-state index is 11.7. The summed E-state index contributed by atoms with van der Waals surface area (Å²) < 4.78 is 5.55. The second kappa shape index (κ2) is 7.75. The predicted molar refractivity (Wildman–Crippen MR) is 82.3 cm³/mol. The number of halogens is 1. The predicted octanol–water partition coefficient (Wildman–Crippen LogP) is 1.13. The van der Waals surface area contributed by atoms with E-state index in [1.165, 1.54) is 12.7 Å². The van der Waals surface area contributed by atoms with Crippen molar-refractivity contribution in [3.63, 3.8) is 0 Å². The van der Waals surface area contributed by atoms with Crippen molar-refractivity contribution in [3.8, 4) is 0 Å². The third-order valence-corrected chi connectivity index (χ3v) is 4.26. The van der Waals surface area contributed by atoms with Crippen molar-refractivity contribution in [1.82, 2.24) is 15.3 Å². The van der Waals surface area contributed by atoms with Gasteiger partial charge in [0.25, 0.3) is 5.56 Å².